The average Bonchev–Trinajstić information content (AvgIpc) is 3.05. The first-order valence-electron chi connectivity index (χ1n) is 21.5. The molecule has 2 aromatic rings. The highest BCUT2D eigenvalue weighted by molar-refractivity contribution is 5.86. The summed E-state index contributed by atoms with van der Waals surface area (Å²) >= 11 is 0. The summed E-state index contributed by atoms with van der Waals surface area (Å²) in [4.78, 5) is 10.6. The first kappa shape index (κ1) is 35.1. The van der Waals surface area contributed by atoms with Gasteiger partial charge in [-0.2, -0.15) is 0 Å². The second kappa shape index (κ2) is 12.5. The van der Waals surface area contributed by atoms with Gasteiger partial charge < -0.3 is 10.2 Å². The molecule has 2 N–H and O–H groups in total. The number of aliphatic imine (C=N–C) groups is 2. The molecule has 0 aliphatic heterocycles. The van der Waals surface area contributed by atoms with Crippen molar-refractivity contribution in [2.75, 3.05) is 0 Å². The Balaban J connectivity index is 1.03. The van der Waals surface area contributed by atoms with E-state index in [2.05, 4.69) is 65.8 Å². The van der Waals surface area contributed by atoms with Gasteiger partial charge in [-0.25, -0.2) is 0 Å². The van der Waals surface area contributed by atoms with Crippen LogP contribution in [0.1, 0.15) is 178 Å². The molecule has 9 saturated carbocycles. The number of phenols is 2. The summed E-state index contributed by atoms with van der Waals surface area (Å²) in [5.74, 6) is 5.93. The highest BCUT2D eigenvalue weighted by atomic mass is 16.3. The standard InChI is InChI=1S/C48H66N2O2/c1-45(2,3)37-17-35(43(51)39(19-37)47-21-29-11-30(22-47)13-31(12-29)23-47)27-49-41-9-7-8-10-42(41)50-28-36-18-38(46(4,5)6)20-40(44(36)52)48-24-32-14-33(25-48)16-34(15-32)26-48/h17-20,27-34,41-42,51-52H,7-16,21-26H2,1-6H3/t29?,30?,31?,32?,33?,34?,41-,42-,47?,48?/m0/s1. The van der Waals surface area contributed by atoms with Crippen molar-refractivity contribution in [1.29, 1.82) is 0 Å². The van der Waals surface area contributed by atoms with Crippen LogP contribution in [0.5, 0.6) is 11.5 Å². The van der Waals surface area contributed by atoms with Crippen molar-refractivity contribution in [2.45, 2.75) is 178 Å². The summed E-state index contributed by atoms with van der Waals surface area (Å²) in [7, 11) is 0. The van der Waals surface area contributed by atoms with Crippen LogP contribution in [0.3, 0.4) is 0 Å². The van der Waals surface area contributed by atoms with Gasteiger partial charge in [0, 0.05) is 34.7 Å². The van der Waals surface area contributed by atoms with E-state index in [1.54, 1.807) is 0 Å². The van der Waals surface area contributed by atoms with Gasteiger partial charge in [0.15, 0.2) is 0 Å². The van der Waals surface area contributed by atoms with Crippen molar-refractivity contribution in [3.05, 3.63) is 57.6 Å². The van der Waals surface area contributed by atoms with E-state index in [4.69, 9.17) is 9.98 Å². The second-order valence-electron chi connectivity index (χ2n) is 21.8. The maximum absolute atomic E-state index is 12.1. The number of nitrogens with zero attached hydrogens (tertiary/aromatic N) is 2. The van der Waals surface area contributed by atoms with Gasteiger partial charge in [-0.3, -0.25) is 9.98 Å². The summed E-state index contributed by atoms with van der Waals surface area (Å²) in [5, 5.41) is 24.1. The second-order valence-corrected chi connectivity index (χ2v) is 21.8. The molecule has 0 heterocycles. The average molecular weight is 703 g/mol. The smallest absolute Gasteiger partial charge is 0.128 e. The zero-order valence-corrected chi connectivity index (χ0v) is 33.2. The molecule has 0 aromatic heterocycles. The number of benzene rings is 2. The maximum atomic E-state index is 12.1. The third kappa shape index (κ3) is 6.18. The Morgan fingerprint density at radius 3 is 1.12 bits per heavy atom. The minimum absolute atomic E-state index is 0.0103. The van der Waals surface area contributed by atoms with Crippen LogP contribution in [0.2, 0.25) is 0 Å². The van der Waals surface area contributed by atoms with Crippen LogP contribution in [0.25, 0.3) is 0 Å². The van der Waals surface area contributed by atoms with E-state index >= 15 is 0 Å². The Bertz CT molecular complexity index is 1570. The first-order valence-corrected chi connectivity index (χ1v) is 21.5. The van der Waals surface area contributed by atoms with Gasteiger partial charge in [0.2, 0.25) is 0 Å². The highest BCUT2D eigenvalue weighted by Gasteiger charge is 2.54. The largest absolute Gasteiger partial charge is 0.507 e. The van der Waals surface area contributed by atoms with Crippen LogP contribution >= 0.6 is 0 Å². The van der Waals surface area contributed by atoms with Crippen molar-refractivity contribution < 1.29 is 10.2 Å². The van der Waals surface area contributed by atoms with E-state index < -0.39 is 0 Å². The minimum Gasteiger partial charge on any atom is -0.507 e. The number of rotatable bonds is 6. The Morgan fingerprint density at radius 2 is 0.827 bits per heavy atom. The van der Waals surface area contributed by atoms with E-state index in [0.29, 0.717) is 11.5 Å². The number of phenolic OH excluding ortho intramolecular Hbond substituents is 2. The molecule has 4 nitrogen and oxygen atoms in total. The first-order chi connectivity index (χ1) is 24.7. The Morgan fingerprint density at radius 1 is 0.519 bits per heavy atom. The molecule has 2 aromatic carbocycles. The highest BCUT2D eigenvalue weighted by Crippen LogP contribution is 2.63. The van der Waals surface area contributed by atoms with Crippen molar-refractivity contribution in [3.8, 4) is 11.5 Å². The molecule has 0 unspecified atom stereocenters. The fraction of sp³-hybridized carbons (Fsp3) is 0.708. The predicted octanol–water partition coefficient (Wildman–Crippen LogP) is 11.5. The van der Waals surface area contributed by atoms with Gasteiger partial charge in [0.1, 0.15) is 11.5 Å². The van der Waals surface area contributed by atoms with Crippen LogP contribution < -0.4 is 0 Å². The van der Waals surface area contributed by atoms with Gasteiger partial charge in [-0.05, 0) is 170 Å². The third-order valence-electron chi connectivity index (χ3n) is 15.7. The van der Waals surface area contributed by atoms with Crippen molar-refractivity contribution in [1.82, 2.24) is 0 Å². The van der Waals surface area contributed by atoms with E-state index in [9.17, 15) is 10.2 Å². The van der Waals surface area contributed by atoms with Crippen molar-refractivity contribution in [2.24, 2.45) is 45.5 Å². The fourth-order valence-corrected chi connectivity index (χ4v) is 13.9. The van der Waals surface area contributed by atoms with Gasteiger partial charge in [-0.1, -0.05) is 66.5 Å². The molecule has 0 radical (unpaired) electrons. The van der Waals surface area contributed by atoms with E-state index in [-0.39, 0.29) is 33.7 Å². The molecule has 9 fully saturated rings. The summed E-state index contributed by atoms with van der Waals surface area (Å²) in [6, 6.07) is 9.33. The van der Waals surface area contributed by atoms with Crippen molar-refractivity contribution in [3.63, 3.8) is 0 Å². The topological polar surface area (TPSA) is 65.2 Å². The summed E-state index contributed by atoms with van der Waals surface area (Å²) < 4.78 is 0. The van der Waals surface area contributed by atoms with Crippen molar-refractivity contribution >= 4 is 12.4 Å². The molecule has 11 rings (SSSR count). The summed E-state index contributed by atoms with van der Waals surface area (Å²) in [6.45, 7) is 13.8. The molecule has 0 saturated heterocycles. The Kier molecular flexibility index (Phi) is 8.41. The van der Waals surface area contributed by atoms with Gasteiger partial charge in [-0.15, -0.1) is 0 Å². The van der Waals surface area contributed by atoms with Crippen LogP contribution in [-0.4, -0.2) is 34.7 Å². The van der Waals surface area contributed by atoms with Crippen LogP contribution in [0, 0.1) is 35.5 Å². The van der Waals surface area contributed by atoms with Gasteiger partial charge in [0.05, 0.1) is 12.1 Å². The number of aromatic hydroxyl groups is 2. The van der Waals surface area contributed by atoms with E-state index in [0.717, 1.165) is 72.3 Å². The minimum atomic E-state index is -0.0103. The predicted molar refractivity (Wildman–Crippen MR) is 215 cm³/mol. The molecular formula is C48H66N2O2. The van der Waals surface area contributed by atoms with Crippen LogP contribution in [0.15, 0.2) is 34.3 Å². The number of hydrogen-bond acceptors (Lipinski definition) is 4. The lowest BCUT2D eigenvalue weighted by Gasteiger charge is -2.57. The van der Waals surface area contributed by atoms with E-state index in [1.165, 1.54) is 99.3 Å². The molecule has 2 atom stereocenters. The molecule has 0 amide bonds. The SMILES string of the molecule is CC(C)(C)c1cc(C=N[C@H]2CCCC[C@@H]2N=Cc2cc(C(C)(C)C)cc(C34CC5CC(CC(C5)C3)C4)c2O)c(O)c(C23CC4CC(CC(C4)C2)C3)c1. The van der Waals surface area contributed by atoms with Gasteiger partial charge >= 0.3 is 0 Å². The normalized spacial score (nSPS) is 38.3. The lowest BCUT2D eigenvalue weighted by atomic mass is 9.47. The molecule has 9 aliphatic carbocycles. The zero-order chi connectivity index (χ0) is 36.2. The lowest BCUT2D eigenvalue weighted by Crippen LogP contribution is -2.48. The molecule has 52 heavy (non-hydrogen) atoms. The molecule has 8 bridgehead atoms. The molecular weight excluding hydrogens is 637 g/mol. The maximum Gasteiger partial charge on any atom is 0.128 e. The summed E-state index contributed by atoms with van der Waals surface area (Å²) in [5.41, 5.74) is 7.04. The fourth-order valence-electron chi connectivity index (χ4n) is 13.9. The lowest BCUT2D eigenvalue weighted by molar-refractivity contribution is -0.00635. The Hall–Kier alpha value is -2.62. The van der Waals surface area contributed by atoms with Gasteiger partial charge in [0.25, 0.3) is 0 Å². The molecule has 280 valence electrons. The van der Waals surface area contributed by atoms with E-state index in [1.807, 2.05) is 12.4 Å². The summed E-state index contributed by atoms with van der Waals surface area (Å²) in [6.07, 6.45) is 24.2. The number of hydrogen-bond donors (Lipinski definition) is 2. The van der Waals surface area contributed by atoms with Crippen LogP contribution in [-0.2, 0) is 21.7 Å². The third-order valence-corrected chi connectivity index (χ3v) is 15.7. The zero-order valence-electron chi connectivity index (χ0n) is 33.2. The molecule has 0 spiro atoms. The molecule has 9 aliphatic rings. The quantitative estimate of drug-likeness (QED) is 0.294. The molecule has 4 heteroatoms. The monoisotopic (exact) mass is 703 g/mol. The van der Waals surface area contributed by atoms with Crippen LogP contribution in [0.4, 0.5) is 0 Å². The Labute approximate surface area is 314 Å².